The molecule has 1 unspecified atom stereocenters. The van der Waals surface area contributed by atoms with E-state index in [9.17, 15) is 4.79 Å². The van der Waals surface area contributed by atoms with E-state index in [1.165, 1.54) is 6.20 Å². The van der Waals surface area contributed by atoms with E-state index in [1.54, 1.807) is 24.5 Å². The molecule has 0 aromatic carbocycles. The predicted octanol–water partition coefficient (Wildman–Crippen LogP) is 3.45. The molecule has 3 heterocycles. The number of ether oxygens (including phenoxy) is 1. The maximum Gasteiger partial charge on any atom is 0.239 e. The Morgan fingerprint density at radius 2 is 2.19 bits per heavy atom. The Hall–Kier alpha value is -2.65. The number of allylic oxidation sites excluding steroid dienone is 1. The maximum absolute atomic E-state index is 11.8. The molecule has 1 amide bonds. The van der Waals surface area contributed by atoms with Gasteiger partial charge in [0.15, 0.2) is 0 Å². The largest absolute Gasteiger partial charge is 0.405 e. The van der Waals surface area contributed by atoms with Gasteiger partial charge >= 0.3 is 0 Å². The number of carbonyl (C=O) groups is 1. The Morgan fingerprint density at radius 1 is 1.39 bits per heavy atom. The average Bonchev–Trinajstić information content (AvgIpc) is 3.15. The van der Waals surface area contributed by atoms with Crippen molar-refractivity contribution in [2.45, 2.75) is 51.8 Å². The number of carbonyl (C=O) groups excluding carboxylic acids is 1. The molecule has 5 N–H and O–H groups in total. The second kappa shape index (κ2) is 10.1. The topological polar surface area (TPSA) is 114 Å². The summed E-state index contributed by atoms with van der Waals surface area (Å²) in [6, 6.07) is 3.96. The Balaban J connectivity index is 2.02. The number of amides is 1. The highest BCUT2D eigenvalue weighted by Crippen LogP contribution is 2.34. The van der Waals surface area contributed by atoms with E-state index >= 15 is 0 Å². The number of hydrogen-bond acceptors (Lipinski definition) is 8. The molecule has 3 rings (SSSR count). The summed E-state index contributed by atoms with van der Waals surface area (Å²) in [7, 11) is 1.62. The molecular formula is C22H32N6O2S. The number of rotatable bonds is 7. The monoisotopic (exact) mass is 444 g/mol. The number of pyridine rings is 1. The Labute approximate surface area is 187 Å². The van der Waals surface area contributed by atoms with Gasteiger partial charge in [0.05, 0.1) is 33.0 Å². The first kappa shape index (κ1) is 23.0. The SMILES string of the molecule is CNC(=O)CNc1cc(NC(C)(C)C)nc2cc(C(C=CN)=NC3CCCCO3)sc12. The minimum absolute atomic E-state index is 0.0881. The van der Waals surface area contributed by atoms with Gasteiger partial charge in [-0.15, -0.1) is 11.3 Å². The van der Waals surface area contributed by atoms with E-state index in [2.05, 4.69) is 36.7 Å². The third-order valence-corrected chi connectivity index (χ3v) is 5.83. The summed E-state index contributed by atoms with van der Waals surface area (Å²) in [5, 5.41) is 9.29. The van der Waals surface area contributed by atoms with Crippen LogP contribution in [0.2, 0.25) is 0 Å². The third kappa shape index (κ3) is 6.41. The molecular weight excluding hydrogens is 412 g/mol. The van der Waals surface area contributed by atoms with Gasteiger partial charge in [0.2, 0.25) is 5.91 Å². The molecule has 0 bridgehead atoms. The Bertz CT molecular complexity index is 970. The molecule has 31 heavy (non-hydrogen) atoms. The van der Waals surface area contributed by atoms with Gasteiger partial charge in [-0.1, -0.05) is 0 Å². The molecule has 0 spiro atoms. The second-order valence-electron chi connectivity index (χ2n) is 8.48. The van der Waals surface area contributed by atoms with Crippen LogP contribution in [0.3, 0.4) is 0 Å². The zero-order valence-electron chi connectivity index (χ0n) is 18.6. The highest BCUT2D eigenvalue weighted by molar-refractivity contribution is 7.21. The van der Waals surface area contributed by atoms with Crippen LogP contribution in [0, 0.1) is 0 Å². The van der Waals surface area contributed by atoms with Crippen LogP contribution >= 0.6 is 11.3 Å². The third-order valence-electron chi connectivity index (χ3n) is 4.65. The first-order valence-corrected chi connectivity index (χ1v) is 11.4. The number of thiophene rings is 1. The van der Waals surface area contributed by atoms with E-state index < -0.39 is 0 Å². The lowest BCUT2D eigenvalue weighted by Crippen LogP contribution is -2.27. The highest BCUT2D eigenvalue weighted by atomic mass is 32.1. The molecule has 0 aliphatic carbocycles. The van der Waals surface area contributed by atoms with Crippen LogP contribution in [0.25, 0.3) is 10.2 Å². The Morgan fingerprint density at radius 3 is 2.84 bits per heavy atom. The van der Waals surface area contributed by atoms with Gasteiger partial charge in [-0.25, -0.2) is 4.98 Å². The van der Waals surface area contributed by atoms with Crippen LogP contribution in [0.5, 0.6) is 0 Å². The summed E-state index contributed by atoms with van der Waals surface area (Å²) in [5.74, 6) is 0.655. The van der Waals surface area contributed by atoms with Gasteiger partial charge in [-0.2, -0.15) is 0 Å². The van der Waals surface area contributed by atoms with Crippen molar-refractivity contribution in [1.82, 2.24) is 10.3 Å². The van der Waals surface area contributed by atoms with Crippen molar-refractivity contribution in [3.63, 3.8) is 0 Å². The maximum atomic E-state index is 11.8. The van der Waals surface area contributed by atoms with Crippen LogP contribution in [-0.4, -0.2) is 48.6 Å². The molecule has 1 aliphatic rings. The van der Waals surface area contributed by atoms with Crippen LogP contribution in [-0.2, 0) is 9.53 Å². The predicted molar refractivity (Wildman–Crippen MR) is 129 cm³/mol. The molecule has 1 fully saturated rings. The van der Waals surface area contributed by atoms with E-state index in [-0.39, 0.29) is 24.2 Å². The van der Waals surface area contributed by atoms with Gasteiger partial charge in [-0.05, 0) is 58.4 Å². The number of nitrogens with zero attached hydrogens (tertiary/aromatic N) is 2. The first-order chi connectivity index (χ1) is 14.8. The van der Waals surface area contributed by atoms with E-state index in [1.807, 2.05) is 12.1 Å². The van der Waals surface area contributed by atoms with E-state index in [0.717, 1.165) is 58.2 Å². The summed E-state index contributed by atoms with van der Waals surface area (Å²) >= 11 is 1.57. The number of aliphatic imine (C=N–C) groups is 1. The van der Waals surface area contributed by atoms with Crippen molar-refractivity contribution in [2.24, 2.45) is 10.7 Å². The van der Waals surface area contributed by atoms with Crippen molar-refractivity contribution < 1.29 is 9.53 Å². The quantitative estimate of drug-likeness (QED) is 0.487. The summed E-state index contributed by atoms with van der Waals surface area (Å²) in [6.07, 6.45) is 6.24. The van der Waals surface area contributed by atoms with E-state index in [4.69, 9.17) is 20.4 Å². The number of fused-ring (bicyclic) bond motifs is 1. The molecule has 0 radical (unpaired) electrons. The fourth-order valence-electron chi connectivity index (χ4n) is 3.25. The lowest BCUT2D eigenvalue weighted by Gasteiger charge is -2.22. The van der Waals surface area contributed by atoms with Crippen LogP contribution < -0.4 is 21.7 Å². The minimum Gasteiger partial charge on any atom is -0.405 e. The number of nitrogens with two attached hydrogens (primary N) is 1. The summed E-state index contributed by atoms with van der Waals surface area (Å²) in [5.41, 5.74) is 8.01. The lowest BCUT2D eigenvalue weighted by atomic mass is 10.1. The normalized spacial score (nSPS) is 17.8. The smallest absolute Gasteiger partial charge is 0.239 e. The van der Waals surface area contributed by atoms with Crippen molar-refractivity contribution >= 4 is 44.7 Å². The average molecular weight is 445 g/mol. The van der Waals surface area contributed by atoms with Crippen molar-refractivity contribution in [3.8, 4) is 0 Å². The molecule has 168 valence electrons. The molecule has 1 saturated heterocycles. The van der Waals surface area contributed by atoms with Crippen molar-refractivity contribution in [3.05, 3.63) is 29.3 Å². The van der Waals surface area contributed by atoms with Crippen molar-refractivity contribution in [2.75, 3.05) is 30.8 Å². The van der Waals surface area contributed by atoms with Crippen LogP contribution in [0.1, 0.15) is 44.9 Å². The zero-order valence-corrected chi connectivity index (χ0v) is 19.4. The fourth-order valence-corrected chi connectivity index (χ4v) is 4.32. The molecule has 1 aliphatic heterocycles. The molecule has 2 aromatic heterocycles. The van der Waals surface area contributed by atoms with Gasteiger partial charge in [-0.3, -0.25) is 9.79 Å². The molecule has 9 heteroatoms. The van der Waals surface area contributed by atoms with Gasteiger partial charge in [0.1, 0.15) is 12.0 Å². The first-order valence-electron chi connectivity index (χ1n) is 10.5. The van der Waals surface area contributed by atoms with Gasteiger partial charge in [0, 0.05) is 25.3 Å². The molecule has 0 saturated carbocycles. The number of hydrogen-bond donors (Lipinski definition) is 4. The molecule has 2 aromatic rings. The summed E-state index contributed by atoms with van der Waals surface area (Å²) in [4.78, 5) is 22.3. The number of anilines is 2. The van der Waals surface area contributed by atoms with Gasteiger partial charge in [0.25, 0.3) is 0 Å². The number of likely N-dealkylation sites (N-methyl/N-ethyl adjacent to an activating group) is 1. The number of aromatic nitrogens is 1. The van der Waals surface area contributed by atoms with Crippen LogP contribution in [0.4, 0.5) is 11.5 Å². The summed E-state index contributed by atoms with van der Waals surface area (Å²) in [6.45, 7) is 7.15. The van der Waals surface area contributed by atoms with Gasteiger partial charge < -0.3 is 26.4 Å². The molecule has 8 nitrogen and oxygen atoms in total. The molecule has 1 atom stereocenters. The second-order valence-corrected chi connectivity index (χ2v) is 9.53. The minimum atomic E-state index is -0.151. The van der Waals surface area contributed by atoms with E-state index in [0.29, 0.717) is 0 Å². The Kier molecular flexibility index (Phi) is 7.50. The fraction of sp³-hybridized carbons (Fsp3) is 0.500. The zero-order chi connectivity index (χ0) is 22.4. The summed E-state index contributed by atoms with van der Waals surface area (Å²) < 4.78 is 6.74. The number of nitrogens with one attached hydrogen (secondary N) is 3. The van der Waals surface area contributed by atoms with Crippen LogP contribution in [0.15, 0.2) is 29.4 Å². The van der Waals surface area contributed by atoms with Crippen molar-refractivity contribution in [1.29, 1.82) is 0 Å². The highest BCUT2D eigenvalue weighted by Gasteiger charge is 2.18. The standard InChI is InChI=1S/C22H32N6O2S/c1-22(2,3)28-18-12-15(25-13-19(29)24-4)21-16(26-18)11-17(31-21)14(8-9-23)27-20-7-5-6-10-30-20/h8-9,11-12,20H,5-7,10,13,23H2,1-4H3,(H,24,29)(H2,25,26,28). The lowest BCUT2D eigenvalue weighted by molar-refractivity contribution is -0.118.